The van der Waals surface area contributed by atoms with Crippen molar-refractivity contribution in [3.05, 3.63) is 23.8 Å². The van der Waals surface area contributed by atoms with E-state index >= 15 is 0 Å². The number of benzene rings is 1. The molecule has 0 unspecified atom stereocenters. The molecule has 2 rings (SSSR count). The van der Waals surface area contributed by atoms with E-state index in [2.05, 4.69) is 10.6 Å². The van der Waals surface area contributed by atoms with E-state index in [0.717, 1.165) is 11.3 Å². The lowest BCUT2D eigenvalue weighted by Crippen LogP contribution is -2.27. The van der Waals surface area contributed by atoms with Crippen LogP contribution >= 0.6 is 0 Å². The average molecular weight is 177 g/mol. The molecule has 67 valence electrons. The predicted octanol–water partition coefficient (Wildman–Crippen LogP) is 1.35. The summed E-state index contributed by atoms with van der Waals surface area (Å²) in [5.41, 5.74) is 1.73. The lowest BCUT2D eigenvalue weighted by Gasteiger charge is -2.18. The number of methoxy groups -OCH3 is 1. The van der Waals surface area contributed by atoms with Gasteiger partial charge in [0.1, 0.15) is 5.75 Å². The van der Waals surface area contributed by atoms with Crippen molar-refractivity contribution in [1.29, 1.82) is 0 Å². The molecule has 13 heavy (non-hydrogen) atoms. The zero-order valence-electron chi connectivity index (χ0n) is 7.20. The van der Waals surface area contributed by atoms with E-state index < -0.39 is 0 Å². The first-order chi connectivity index (χ1) is 6.31. The summed E-state index contributed by atoms with van der Waals surface area (Å²) in [6.07, 6.45) is 0. The van der Waals surface area contributed by atoms with Gasteiger partial charge in [-0.1, -0.05) is 12.1 Å². The third-order valence-corrected chi connectivity index (χ3v) is 1.96. The zero-order valence-corrected chi connectivity index (χ0v) is 7.20. The van der Waals surface area contributed by atoms with Gasteiger partial charge in [0.2, 0.25) is 0 Å². The van der Waals surface area contributed by atoms with E-state index in [9.17, 15) is 4.79 Å². The zero-order chi connectivity index (χ0) is 9.26. The smallest absolute Gasteiger partial charge is 0.341 e. The van der Waals surface area contributed by atoms with Crippen molar-refractivity contribution >= 4 is 11.7 Å². The Kier molecular flexibility index (Phi) is 1.81. The van der Waals surface area contributed by atoms with Gasteiger partial charge in [0, 0.05) is 5.56 Å². The topological polar surface area (TPSA) is 52.4 Å². The summed E-state index contributed by atoms with van der Waals surface area (Å²) in [5.74, 6) is 0.681. The maximum atomic E-state index is 11.0. The largest absolute Gasteiger partial charge is 0.495 e. The second kappa shape index (κ2) is 2.97. The highest BCUT2D eigenvalue weighted by Gasteiger charge is 2.18. The number of carbonyl (C=O) groups excluding carboxylic acids is 1. The summed E-state index contributed by atoms with van der Waals surface area (Å²) in [5, 5.41) is 6.39. The van der Waals surface area contributed by atoms with Crippen molar-refractivity contribution in [2.24, 2.45) is 0 Å². The minimum Gasteiger partial charge on any atom is -0.495 e. The molecule has 4 nitrogen and oxygen atoms in total. The molecule has 2 amide bonds. The monoisotopic (exact) mass is 177 g/mol. The molecule has 0 aliphatic carbocycles. The maximum absolute atomic E-state index is 11.0. The molecule has 0 fully saturated rings. The Labute approximate surface area is 75.9 Å². The van der Waals surface area contributed by atoms with Crippen LogP contribution in [0.2, 0.25) is 0 Å². The van der Waals surface area contributed by atoms with Gasteiger partial charge >= 0.3 is 6.03 Å². The minimum atomic E-state index is -0.308. The third kappa shape index (κ3) is 1.30. The number of hydrogen-bond donors (Lipinski definition) is 1. The predicted molar refractivity (Wildman–Crippen MR) is 47.9 cm³/mol. The van der Waals surface area contributed by atoms with Crippen LogP contribution in [0.5, 0.6) is 5.75 Å². The second-order valence-corrected chi connectivity index (χ2v) is 2.74. The standard InChI is InChI=1S/C9H9N2O2/c1-13-7-4-2-3-6-5-10-9(12)11-8(6)7/h2-4H,5H2,1H3,(H,11,12). The van der Waals surface area contributed by atoms with Crippen molar-refractivity contribution in [1.82, 2.24) is 5.32 Å². The SMILES string of the molecule is COc1cccc2c1NC(=O)[N]C2. The number of nitrogens with zero attached hydrogens (tertiary/aromatic N) is 1. The van der Waals surface area contributed by atoms with Crippen LogP contribution in [0.4, 0.5) is 10.5 Å². The first-order valence-corrected chi connectivity index (χ1v) is 3.95. The van der Waals surface area contributed by atoms with Crippen molar-refractivity contribution < 1.29 is 9.53 Å². The molecule has 1 aromatic rings. The van der Waals surface area contributed by atoms with Gasteiger partial charge in [0.05, 0.1) is 19.3 Å². The lowest BCUT2D eigenvalue weighted by molar-refractivity contribution is 0.250. The molecule has 0 saturated heterocycles. The maximum Gasteiger partial charge on any atom is 0.341 e. The van der Waals surface area contributed by atoms with Gasteiger partial charge in [0.25, 0.3) is 0 Å². The third-order valence-electron chi connectivity index (χ3n) is 1.96. The van der Waals surface area contributed by atoms with Gasteiger partial charge in [-0.25, -0.2) is 10.1 Å². The molecule has 1 heterocycles. The Bertz CT molecular complexity index is 335. The number of nitrogens with one attached hydrogen (secondary N) is 1. The summed E-state index contributed by atoms with van der Waals surface area (Å²) in [6, 6.07) is 5.30. The highest BCUT2D eigenvalue weighted by Crippen LogP contribution is 2.30. The lowest BCUT2D eigenvalue weighted by atomic mass is 10.1. The number of urea groups is 1. The number of amides is 2. The summed E-state index contributed by atoms with van der Waals surface area (Å²) < 4.78 is 5.10. The summed E-state index contributed by atoms with van der Waals surface area (Å²) >= 11 is 0. The van der Waals surface area contributed by atoms with E-state index in [4.69, 9.17) is 4.74 Å². The molecular formula is C9H9N2O2. The van der Waals surface area contributed by atoms with Crippen molar-refractivity contribution in [2.75, 3.05) is 12.4 Å². The van der Waals surface area contributed by atoms with Gasteiger partial charge in [-0.2, -0.15) is 0 Å². The first-order valence-electron chi connectivity index (χ1n) is 3.95. The van der Waals surface area contributed by atoms with Crippen LogP contribution in [0, 0.1) is 0 Å². The number of anilines is 1. The second-order valence-electron chi connectivity index (χ2n) is 2.74. The highest BCUT2D eigenvalue weighted by atomic mass is 16.5. The number of fused-ring (bicyclic) bond motifs is 1. The van der Waals surface area contributed by atoms with Gasteiger partial charge in [0.15, 0.2) is 0 Å². The molecule has 1 aliphatic rings. The normalized spacial score (nSPS) is 14.1. The van der Waals surface area contributed by atoms with Gasteiger partial charge in [-0.05, 0) is 6.07 Å². The fourth-order valence-electron chi connectivity index (χ4n) is 1.32. The van der Waals surface area contributed by atoms with E-state index in [1.165, 1.54) is 0 Å². The minimum absolute atomic E-state index is 0.308. The van der Waals surface area contributed by atoms with E-state index in [-0.39, 0.29) is 6.03 Å². The van der Waals surface area contributed by atoms with Crippen molar-refractivity contribution in [3.63, 3.8) is 0 Å². The molecular weight excluding hydrogens is 168 g/mol. The fraction of sp³-hybridized carbons (Fsp3) is 0.222. The molecule has 1 aliphatic heterocycles. The highest BCUT2D eigenvalue weighted by molar-refractivity contribution is 5.93. The van der Waals surface area contributed by atoms with Crippen LogP contribution in [0.1, 0.15) is 5.56 Å². The molecule has 1 N–H and O–H groups in total. The molecule has 0 bridgehead atoms. The molecule has 4 heteroatoms. The number of rotatable bonds is 1. The number of hydrogen-bond acceptors (Lipinski definition) is 2. The number of ether oxygens (including phenoxy) is 1. The fourth-order valence-corrected chi connectivity index (χ4v) is 1.32. The van der Waals surface area contributed by atoms with Gasteiger partial charge < -0.3 is 10.1 Å². The van der Waals surface area contributed by atoms with Crippen LogP contribution in [0.3, 0.4) is 0 Å². The Morgan fingerprint density at radius 1 is 1.54 bits per heavy atom. The Morgan fingerprint density at radius 2 is 2.38 bits per heavy atom. The van der Waals surface area contributed by atoms with Crippen LogP contribution in [-0.4, -0.2) is 13.1 Å². The van der Waals surface area contributed by atoms with Crippen LogP contribution in [0.15, 0.2) is 18.2 Å². The number of para-hydroxylation sites is 1. The van der Waals surface area contributed by atoms with Crippen molar-refractivity contribution in [2.45, 2.75) is 6.54 Å². The quantitative estimate of drug-likeness (QED) is 0.703. The van der Waals surface area contributed by atoms with Crippen LogP contribution in [0.25, 0.3) is 0 Å². The van der Waals surface area contributed by atoms with Gasteiger partial charge in [-0.15, -0.1) is 0 Å². The Hall–Kier alpha value is -1.71. The average Bonchev–Trinajstić information content (AvgIpc) is 2.17. The number of carbonyl (C=O) groups is 1. The Morgan fingerprint density at radius 3 is 3.15 bits per heavy atom. The Balaban J connectivity index is 2.46. The summed E-state index contributed by atoms with van der Waals surface area (Å²) in [4.78, 5) is 11.0. The van der Waals surface area contributed by atoms with Crippen LogP contribution in [-0.2, 0) is 6.54 Å². The molecule has 0 saturated carbocycles. The molecule has 0 aromatic heterocycles. The van der Waals surface area contributed by atoms with Gasteiger partial charge in [-0.3, -0.25) is 0 Å². The van der Waals surface area contributed by atoms with E-state index in [0.29, 0.717) is 12.3 Å². The molecule has 1 radical (unpaired) electrons. The van der Waals surface area contributed by atoms with E-state index in [1.54, 1.807) is 7.11 Å². The molecule has 0 spiro atoms. The molecule has 0 atom stereocenters. The molecule has 1 aromatic carbocycles. The first kappa shape index (κ1) is 7.91. The van der Waals surface area contributed by atoms with Crippen LogP contribution < -0.4 is 15.4 Å². The summed E-state index contributed by atoms with van der Waals surface area (Å²) in [7, 11) is 1.58. The van der Waals surface area contributed by atoms with Crippen molar-refractivity contribution in [3.8, 4) is 5.75 Å². The summed E-state index contributed by atoms with van der Waals surface area (Å²) in [6.45, 7) is 0.429. The van der Waals surface area contributed by atoms with E-state index in [1.807, 2.05) is 18.2 Å².